The number of thioether (sulfide) groups is 1. The zero-order valence-corrected chi connectivity index (χ0v) is 22.7. The predicted octanol–water partition coefficient (Wildman–Crippen LogP) is 7.89. The number of hydrogen-bond donors (Lipinski definition) is 0. The second kappa shape index (κ2) is 10.1. The Labute approximate surface area is 219 Å². The normalized spacial score (nSPS) is 22.7. The first kappa shape index (κ1) is 24.6. The summed E-state index contributed by atoms with van der Waals surface area (Å²) < 4.78 is 2.30. The average Bonchev–Trinajstić information content (AvgIpc) is 3.31. The van der Waals surface area contributed by atoms with Crippen molar-refractivity contribution in [2.24, 2.45) is 10.9 Å². The van der Waals surface area contributed by atoms with E-state index in [1.807, 2.05) is 35.2 Å². The molecular formula is C31H35N3OS. The maximum Gasteiger partial charge on any atom is 0.267 e. The van der Waals surface area contributed by atoms with Gasteiger partial charge in [0, 0.05) is 23.1 Å². The molecule has 5 rings (SSSR count). The molecule has 4 nitrogen and oxygen atoms in total. The van der Waals surface area contributed by atoms with Gasteiger partial charge < -0.3 is 4.57 Å². The standard InChI is InChI=1S/C31H35N3OS/c1-20-13-11-17-28(23(20)4)33-22(3)18-25(24(33)5)19-29-30(35)34(27-16-10-9-12-21(27)2)31(36-29)32-26-14-7-6-8-15-26/h6-8,11,13-15,17-19,21,27H,9-10,12,16H2,1-5H3/b29-19-,32-31?/t21-,27+/m1/s1. The number of carbonyl (C=O) groups excluding carboxylic acids is 1. The maximum absolute atomic E-state index is 13.9. The molecular weight excluding hydrogens is 462 g/mol. The second-order valence-corrected chi connectivity index (χ2v) is 11.2. The Kier molecular flexibility index (Phi) is 6.94. The van der Waals surface area contributed by atoms with E-state index in [-0.39, 0.29) is 11.9 Å². The van der Waals surface area contributed by atoms with Crippen LogP contribution in [-0.2, 0) is 4.79 Å². The van der Waals surface area contributed by atoms with E-state index < -0.39 is 0 Å². The van der Waals surface area contributed by atoms with Gasteiger partial charge in [0.15, 0.2) is 5.17 Å². The molecule has 1 aliphatic heterocycles. The molecule has 1 aliphatic carbocycles. The van der Waals surface area contributed by atoms with Crippen LogP contribution in [0.25, 0.3) is 11.8 Å². The van der Waals surface area contributed by atoms with Crippen molar-refractivity contribution >= 4 is 34.6 Å². The SMILES string of the molecule is Cc1cccc(-n2c(C)cc(/C=C3\SC(=Nc4ccccc4)N([C@H]4CCCC[C@H]4C)C3=O)c2C)c1C. The van der Waals surface area contributed by atoms with Crippen LogP contribution in [0.15, 0.2) is 64.5 Å². The topological polar surface area (TPSA) is 37.6 Å². The van der Waals surface area contributed by atoms with E-state index in [4.69, 9.17) is 4.99 Å². The number of para-hydroxylation sites is 1. The molecule has 0 unspecified atom stereocenters. The van der Waals surface area contributed by atoms with Crippen LogP contribution in [0.5, 0.6) is 0 Å². The van der Waals surface area contributed by atoms with Crippen molar-refractivity contribution in [1.29, 1.82) is 0 Å². The fourth-order valence-electron chi connectivity index (χ4n) is 5.57. The van der Waals surface area contributed by atoms with E-state index >= 15 is 0 Å². The lowest BCUT2D eigenvalue weighted by Gasteiger charge is -2.35. The van der Waals surface area contributed by atoms with Crippen LogP contribution in [0.3, 0.4) is 0 Å². The van der Waals surface area contributed by atoms with Crippen LogP contribution in [0.4, 0.5) is 5.69 Å². The summed E-state index contributed by atoms with van der Waals surface area (Å²) in [4.78, 5) is 21.6. The highest BCUT2D eigenvalue weighted by Crippen LogP contribution is 2.40. The fourth-order valence-corrected chi connectivity index (χ4v) is 6.61. The summed E-state index contributed by atoms with van der Waals surface area (Å²) >= 11 is 1.52. The van der Waals surface area contributed by atoms with Crippen molar-refractivity contribution in [3.05, 3.63) is 87.6 Å². The van der Waals surface area contributed by atoms with Crippen molar-refractivity contribution < 1.29 is 4.79 Å². The Morgan fingerprint density at radius 3 is 2.47 bits per heavy atom. The molecule has 1 aromatic heterocycles. The van der Waals surface area contributed by atoms with Gasteiger partial charge in [-0.3, -0.25) is 9.69 Å². The fraction of sp³-hybridized carbons (Fsp3) is 0.355. The van der Waals surface area contributed by atoms with Crippen LogP contribution in [0.2, 0.25) is 0 Å². The molecule has 1 amide bonds. The maximum atomic E-state index is 13.9. The number of aliphatic imine (C=N–C) groups is 1. The summed E-state index contributed by atoms with van der Waals surface area (Å²) in [6, 6.07) is 18.8. The number of hydrogen-bond acceptors (Lipinski definition) is 3. The van der Waals surface area contributed by atoms with E-state index in [9.17, 15) is 4.79 Å². The van der Waals surface area contributed by atoms with Gasteiger partial charge in [-0.25, -0.2) is 4.99 Å². The molecule has 2 atom stereocenters. The highest BCUT2D eigenvalue weighted by molar-refractivity contribution is 8.18. The largest absolute Gasteiger partial charge is 0.318 e. The summed E-state index contributed by atoms with van der Waals surface area (Å²) in [5.74, 6) is 0.558. The Hall–Kier alpha value is -3.05. The molecule has 1 saturated carbocycles. The Bertz CT molecular complexity index is 1350. The first-order valence-corrected chi connectivity index (χ1v) is 13.8. The molecule has 0 radical (unpaired) electrons. The Morgan fingerprint density at radius 2 is 1.72 bits per heavy atom. The smallest absolute Gasteiger partial charge is 0.267 e. The third-order valence-electron chi connectivity index (χ3n) is 7.79. The number of carbonyl (C=O) groups is 1. The minimum Gasteiger partial charge on any atom is -0.318 e. The van der Waals surface area contributed by atoms with E-state index in [1.165, 1.54) is 40.7 Å². The Balaban J connectivity index is 1.55. The third-order valence-corrected chi connectivity index (χ3v) is 8.77. The summed E-state index contributed by atoms with van der Waals surface area (Å²) in [5.41, 5.74) is 8.04. The molecule has 2 heterocycles. The number of amidine groups is 1. The number of aryl methyl sites for hydroxylation is 2. The predicted molar refractivity (Wildman–Crippen MR) is 152 cm³/mol. The van der Waals surface area contributed by atoms with Crippen LogP contribution in [0, 0.1) is 33.6 Å². The van der Waals surface area contributed by atoms with Crippen LogP contribution >= 0.6 is 11.8 Å². The van der Waals surface area contributed by atoms with E-state index in [0.717, 1.165) is 46.3 Å². The van der Waals surface area contributed by atoms with Gasteiger partial charge in [0.05, 0.1) is 10.6 Å². The van der Waals surface area contributed by atoms with Crippen LogP contribution in [-0.4, -0.2) is 26.6 Å². The molecule has 2 aromatic carbocycles. The van der Waals surface area contributed by atoms with Crippen molar-refractivity contribution in [3.8, 4) is 5.69 Å². The first-order valence-electron chi connectivity index (χ1n) is 13.0. The van der Waals surface area contributed by atoms with E-state index in [1.54, 1.807) is 0 Å². The lowest BCUT2D eigenvalue weighted by Crippen LogP contribution is -2.44. The van der Waals surface area contributed by atoms with Crippen molar-refractivity contribution in [2.75, 3.05) is 0 Å². The van der Waals surface area contributed by atoms with Crippen molar-refractivity contribution in [1.82, 2.24) is 9.47 Å². The van der Waals surface area contributed by atoms with Crippen LogP contribution in [0.1, 0.15) is 60.7 Å². The first-order chi connectivity index (χ1) is 17.3. The van der Waals surface area contributed by atoms with Gasteiger partial charge in [-0.1, -0.05) is 50.1 Å². The quantitative estimate of drug-likeness (QED) is 0.344. The highest BCUT2D eigenvalue weighted by atomic mass is 32.2. The van der Waals surface area contributed by atoms with Gasteiger partial charge in [-0.15, -0.1) is 0 Å². The highest BCUT2D eigenvalue weighted by Gasteiger charge is 2.41. The molecule has 2 aliphatic rings. The molecule has 0 bridgehead atoms. The number of rotatable bonds is 4. The molecule has 0 N–H and O–H groups in total. The summed E-state index contributed by atoms with van der Waals surface area (Å²) in [6.45, 7) is 10.9. The molecule has 3 aromatic rings. The molecule has 36 heavy (non-hydrogen) atoms. The summed E-state index contributed by atoms with van der Waals surface area (Å²) in [7, 11) is 0. The monoisotopic (exact) mass is 497 g/mol. The van der Waals surface area contributed by atoms with Gasteiger partial charge in [0.2, 0.25) is 0 Å². The number of nitrogens with zero attached hydrogens (tertiary/aromatic N) is 3. The molecule has 186 valence electrons. The van der Waals surface area contributed by atoms with Gasteiger partial charge in [-0.05, 0) is 105 Å². The van der Waals surface area contributed by atoms with Gasteiger partial charge >= 0.3 is 0 Å². The minimum absolute atomic E-state index is 0.0879. The second-order valence-electron chi connectivity index (χ2n) is 10.2. The van der Waals surface area contributed by atoms with Crippen molar-refractivity contribution in [2.45, 2.75) is 66.3 Å². The minimum atomic E-state index is 0.0879. The zero-order valence-electron chi connectivity index (χ0n) is 21.9. The summed E-state index contributed by atoms with van der Waals surface area (Å²) in [6.07, 6.45) is 6.68. The van der Waals surface area contributed by atoms with Gasteiger partial charge in [0.1, 0.15) is 0 Å². The van der Waals surface area contributed by atoms with E-state index in [2.05, 4.69) is 69.5 Å². The third kappa shape index (κ3) is 4.57. The van der Waals surface area contributed by atoms with E-state index in [0.29, 0.717) is 5.92 Å². The average molecular weight is 498 g/mol. The molecule has 2 fully saturated rings. The Morgan fingerprint density at radius 1 is 0.972 bits per heavy atom. The van der Waals surface area contributed by atoms with Crippen LogP contribution < -0.4 is 0 Å². The van der Waals surface area contributed by atoms with Gasteiger partial charge in [-0.2, -0.15) is 0 Å². The zero-order chi connectivity index (χ0) is 25.4. The number of benzene rings is 2. The molecule has 0 spiro atoms. The van der Waals surface area contributed by atoms with Gasteiger partial charge in [0.25, 0.3) is 5.91 Å². The number of aromatic nitrogens is 1. The lowest BCUT2D eigenvalue weighted by atomic mass is 9.85. The molecule has 5 heteroatoms. The number of amides is 1. The summed E-state index contributed by atoms with van der Waals surface area (Å²) in [5, 5.41) is 0.805. The molecule has 1 saturated heterocycles. The van der Waals surface area contributed by atoms with Crippen molar-refractivity contribution in [3.63, 3.8) is 0 Å². The lowest BCUT2D eigenvalue weighted by molar-refractivity contribution is -0.124.